The molecule has 0 N–H and O–H groups in total. The van der Waals surface area contributed by atoms with Crippen LogP contribution in [0.25, 0.3) is 11.6 Å². The molecular formula is C30H40N4O2Si. The lowest BCUT2D eigenvalue weighted by molar-refractivity contribution is 0.135. The molecule has 1 spiro atoms. The Morgan fingerprint density at radius 2 is 1.73 bits per heavy atom. The standard InChI is InChI=1S/C30H40N4O2Si/c1-21(2)37(22(3)4,23(5)6)36-26-13-12-24-17-27(30(14-8-9-15-30)35-29(24)18-26)28-20-34(33-32-28)19-25-11-7-10-16-31-25/h7,10-13,16-18,20-23H,8-9,14-15,19H2,1-6H3. The third-order valence-electron chi connectivity index (χ3n) is 8.36. The molecule has 2 aliphatic rings. The normalized spacial score (nSPS) is 16.8. The van der Waals surface area contributed by atoms with Gasteiger partial charge in [0.15, 0.2) is 0 Å². The third kappa shape index (κ3) is 4.74. The van der Waals surface area contributed by atoms with E-state index in [0.29, 0.717) is 23.2 Å². The molecule has 1 fully saturated rings. The summed E-state index contributed by atoms with van der Waals surface area (Å²) in [6.07, 6.45) is 10.4. The van der Waals surface area contributed by atoms with E-state index < -0.39 is 8.32 Å². The third-order valence-corrected chi connectivity index (χ3v) is 14.4. The summed E-state index contributed by atoms with van der Waals surface area (Å²) >= 11 is 0. The minimum Gasteiger partial charge on any atom is -0.543 e. The number of ether oxygens (including phenoxy) is 1. The van der Waals surface area contributed by atoms with Crippen LogP contribution in [0, 0.1) is 0 Å². The summed E-state index contributed by atoms with van der Waals surface area (Å²) in [5.74, 6) is 1.86. The summed E-state index contributed by atoms with van der Waals surface area (Å²) in [5.41, 5.74) is 5.25. The molecular weight excluding hydrogens is 476 g/mol. The molecule has 1 aromatic carbocycles. The predicted molar refractivity (Wildman–Crippen MR) is 151 cm³/mol. The number of fused-ring (bicyclic) bond motifs is 1. The Hall–Kier alpha value is -2.93. The SMILES string of the molecule is CC(C)[Si](Oc1ccc2c(c1)OC1(CCCC1)C(c1cn(Cc3ccccn3)nn1)=C2)(C(C)C)C(C)C. The van der Waals surface area contributed by atoms with Crippen molar-refractivity contribution in [1.82, 2.24) is 20.0 Å². The van der Waals surface area contributed by atoms with Gasteiger partial charge in [0.05, 0.1) is 18.4 Å². The molecule has 0 radical (unpaired) electrons. The second-order valence-electron chi connectivity index (χ2n) is 11.6. The lowest BCUT2D eigenvalue weighted by Crippen LogP contribution is -2.50. The minimum absolute atomic E-state index is 0.361. The van der Waals surface area contributed by atoms with Crippen LogP contribution >= 0.6 is 0 Å². The minimum atomic E-state index is -2.05. The van der Waals surface area contributed by atoms with Crippen molar-refractivity contribution in [3.05, 3.63) is 65.7 Å². The average Bonchev–Trinajstić information content (AvgIpc) is 3.52. The lowest BCUT2D eigenvalue weighted by Gasteiger charge is -2.42. The van der Waals surface area contributed by atoms with E-state index in [1.807, 2.05) is 35.3 Å². The molecule has 1 aliphatic carbocycles. The summed E-state index contributed by atoms with van der Waals surface area (Å²) in [6.45, 7) is 14.5. The maximum absolute atomic E-state index is 6.98. The van der Waals surface area contributed by atoms with Crippen molar-refractivity contribution in [2.75, 3.05) is 0 Å². The van der Waals surface area contributed by atoms with E-state index >= 15 is 0 Å². The average molecular weight is 517 g/mol. The summed E-state index contributed by atoms with van der Waals surface area (Å²) < 4.78 is 15.7. The predicted octanol–water partition coefficient (Wildman–Crippen LogP) is 7.52. The largest absolute Gasteiger partial charge is 0.543 e. The first-order valence-electron chi connectivity index (χ1n) is 13.8. The van der Waals surface area contributed by atoms with Gasteiger partial charge in [-0.2, -0.15) is 0 Å². The zero-order valence-corrected chi connectivity index (χ0v) is 24.1. The van der Waals surface area contributed by atoms with Crippen LogP contribution in [-0.2, 0) is 6.54 Å². The maximum atomic E-state index is 6.98. The Kier molecular flexibility index (Phi) is 7.01. The number of pyridine rings is 1. The fourth-order valence-corrected chi connectivity index (χ4v) is 11.9. The Morgan fingerprint density at radius 1 is 1.00 bits per heavy atom. The highest BCUT2D eigenvalue weighted by atomic mass is 28.4. The molecule has 37 heavy (non-hydrogen) atoms. The Bertz CT molecular complexity index is 1240. The second-order valence-corrected chi connectivity index (χ2v) is 17.0. The highest BCUT2D eigenvalue weighted by molar-refractivity contribution is 6.78. The Labute approximate surface area is 222 Å². The zero-order valence-electron chi connectivity index (χ0n) is 23.1. The molecule has 3 heterocycles. The smallest absolute Gasteiger partial charge is 0.258 e. The number of hydrogen-bond acceptors (Lipinski definition) is 5. The number of nitrogens with zero attached hydrogens (tertiary/aromatic N) is 4. The molecule has 0 amide bonds. The van der Waals surface area contributed by atoms with Crippen LogP contribution in [0.4, 0.5) is 0 Å². The van der Waals surface area contributed by atoms with Gasteiger partial charge in [0, 0.05) is 23.4 Å². The molecule has 1 saturated carbocycles. The van der Waals surface area contributed by atoms with Gasteiger partial charge in [0.25, 0.3) is 8.32 Å². The topological polar surface area (TPSA) is 62.1 Å². The van der Waals surface area contributed by atoms with E-state index in [1.54, 1.807) is 0 Å². The van der Waals surface area contributed by atoms with Crippen molar-refractivity contribution in [2.24, 2.45) is 0 Å². The molecule has 1 aliphatic heterocycles. The zero-order chi connectivity index (χ0) is 26.2. The van der Waals surface area contributed by atoms with Gasteiger partial charge in [-0.1, -0.05) is 52.8 Å². The van der Waals surface area contributed by atoms with Crippen molar-refractivity contribution >= 4 is 20.0 Å². The molecule has 0 unspecified atom stereocenters. The second kappa shape index (κ2) is 10.1. The molecule has 7 heteroatoms. The van der Waals surface area contributed by atoms with Crippen LogP contribution < -0.4 is 9.16 Å². The van der Waals surface area contributed by atoms with E-state index in [0.717, 1.165) is 59.7 Å². The first-order chi connectivity index (χ1) is 17.7. The lowest BCUT2D eigenvalue weighted by atomic mass is 9.85. The first-order valence-corrected chi connectivity index (χ1v) is 15.9. The monoisotopic (exact) mass is 516 g/mol. The van der Waals surface area contributed by atoms with Crippen molar-refractivity contribution in [1.29, 1.82) is 0 Å². The van der Waals surface area contributed by atoms with Crippen LogP contribution in [0.5, 0.6) is 11.5 Å². The number of hydrogen-bond donors (Lipinski definition) is 0. The van der Waals surface area contributed by atoms with Gasteiger partial charge >= 0.3 is 0 Å². The number of rotatable bonds is 8. The van der Waals surface area contributed by atoms with Crippen molar-refractivity contribution < 1.29 is 9.16 Å². The quantitative estimate of drug-likeness (QED) is 0.290. The van der Waals surface area contributed by atoms with E-state index in [9.17, 15) is 0 Å². The molecule has 5 rings (SSSR count). The van der Waals surface area contributed by atoms with Crippen LogP contribution in [0.15, 0.2) is 48.8 Å². The van der Waals surface area contributed by atoms with E-state index in [2.05, 4.69) is 81.1 Å². The van der Waals surface area contributed by atoms with Gasteiger partial charge in [0.2, 0.25) is 0 Å². The van der Waals surface area contributed by atoms with Gasteiger partial charge in [0.1, 0.15) is 22.8 Å². The fourth-order valence-electron chi connectivity index (χ4n) is 6.68. The summed E-state index contributed by atoms with van der Waals surface area (Å²) in [6, 6.07) is 12.3. The number of benzene rings is 1. The van der Waals surface area contributed by atoms with Crippen LogP contribution in [0.1, 0.15) is 84.2 Å². The van der Waals surface area contributed by atoms with Crippen molar-refractivity contribution in [2.45, 2.75) is 96.0 Å². The van der Waals surface area contributed by atoms with Gasteiger partial charge in [-0.3, -0.25) is 4.98 Å². The molecule has 6 nitrogen and oxygen atoms in total. The van der Waals surface area contributed by atoms with Gasteiger partial charge in [-0.15, -0.1) is 5.10 Å². The van der Waals surface area contributed by atoms with E-state index in [4.69, 9.17) is 9.16 Å². The highest BCUT2D eigenvalue weighted by Crippen LogP contribution is 2.50. The summed E-state index contributed by atoms with van der Waals surface area (Å²) in [4.78, 5) is 4.43. The van der Waals surface area contributed by atoms with Crippen LogP contribution in [0.3, 0.4) is 0 Å². The maximum Gasteiger partial charge on any atom is 0.258 e. The van der Waals surface area contributed by atoms with E-state index in [1.165, 1.54) is 0 Å². The van der Waals surface area contributed by atoms with Crippen LogP contribution in [-0.4, -0.2) is 33.9 Å². The molecule has 3 aromatic rings. The van der Waals surface area contributed by atoms with E-state index in [-0.39, 0.29) is 5.60 Å². The Balaban J connectivity index is 1.48. The van der Waals surface area contributed by atoms with Crippen molar-refractivity contribution in [3.8, 4) is 11.5 Å². The summed E-state index contributed by atoms with van der Waals surface area (Å²) in [7, 11) is -2.05. The molecule has 0 saturated heterocycles. The van der Waals surface area contributed by atoms with Crippen LogP contribution in [0.2, 0.25) is 16.6 Å². The highest BCUT2D eigenvalue weighted by Gasteiger charge is 2.48. The fraction of sp³-hybridized carbons (Fsp3) is 0.500. The molecule has 196 valence electrons. The van der Waals surface area contributed by atoms with Gasteiger partial charge in [-0.05, 0) is 72.6 Å². The Morgan fingerprint density at radius 3 is 2.38 bits per heavy atom. The van der Waals surface area contributed by atoms with Gasteiger partial charge < -0.3 is 9.16 Å². The van der Waals surface area contributed by atoms with Crippen molar-refractivity contribution in [3.63, 3.8) is 0 Å². The van der Waals surface area contributed by atoms with Gasteiger partial charge in [-0.25, -0.2) is 4.68 Å². The molecule has 2 aromatic heterocycles. The molecule has 0 atom stereocenters. The first kappa shape index (κ1) is 25.7. The number of aromatic nitrogens is 4. The molecule has 0 bridgehead atoms. The summed E-state index contributed by atoms with van der Waals surface area (Å²) in [5, 5.41) is 8.99.